The zero-order chi connectivity index (χ0) is 12.3. The van der Waals surface area contributed by atoms with Crippen molar-refractivity contribution in [3.8, 4) is 17.0 Å². The van der Waals surface area contributed by atoms with Gasteiger partial charge < -0.3 is 9.72 Å². The molecule has 0 unspecified atom stereocenters. The van der Waals surface area contributed by atoms with Crippen molar-refractivity contribution in [3.05, 3.63) is 46.5 Å². The maximum absolute atomic E-state index is 11.3. The van der Waals surface area contributed by atoms with Gasteiger partial charge in [0.05, 0.1) is 12.8 Å². The molecule has 2 rings (SSSR count). The smallest absolute Gasteiger partial charge is 0.345 e. The molecule has 0 aliphatic rings. The van der Waals surface area contributed by atoms with Gasteiger partial charge in [-0.1, -0.05) is 6.92 Å². The van der Waals surface area contributed by atoms with Crippen molar-refractivity contribution < 1.29 is 4.74 Å². The molecule has 0 amide bonds. The number of H-pyrrole nitrogens is 1. The van der Waals surface area contributed by atoms with Crippen LogP contribution in [0.5, 0.6) is 5.75 Å². The van der Waals surface area contributed by atoms with Crippen LogP contribution in [0.3, 0.4) is 0 Å². The Kier molecular flexibility index (Phi) is 3.23. The van der Waals surface area contributed by atoms with E-state index in [2.05, 4.69) is 9.97 Å². The number of aromatic nitrogens is 2. The first-order chi connectivity index (χ1) is 8.24. The number of hydrogen-bond acceptors (Lipinski definition) is 3. The summed E-state index contributed by atoms with van der Waals surface area (Å²) in [6, 6.07) is 7.52. The summed E-state index contributed by atoms with van der Waals surface area (Å²) in [7, 11) is 1.62. The highest BCUT2D eigenvalue weighted by molar-refractivity contribution is 5.63. The molecular formula is C13H14N2O2. The summed E-state index contributed by atoms with van der Waals surface area (Å²) >= 11 is 0. The minimum Gasteiger partial charge on any atom is -0.497 e. The van der Waals surface area contributed by atoms with Crippen LogP contribution in [-0.2, 0) is 6.42 Å². The van der Waals surface area contributed by atoms with Crippen molar-refractivity contribution in [3.63, 3.8) is 0 Å². The molecule has 0 fully saturated rings. The van der Waals surface area contributed by atoms with E-state index in [1.807, 2.05) is 31.2 Å². The largest absolute Gasteiger partial charge is 0.497 e. The second-order valence-electron chi connectivity index (χ2n) is 3.66. The second-order valence-corrected chi connectivity index (χ2v) is 3.66. The van der Waals surface area contributed by atoms with Crippen molar-refractivity contribution in [2.45, 2.75) is 13.3 Å². The molecule has 1 N–H and O–H groups in total. The molecule has 2 aromatic rings. The Hall–Kier alpha value is -2.10. The topological polar surface area (TPSA) is 55.0 Å². The maximum Gasteiger partial charge on any atom is 0.345 e. The number of hydrogen-bond donors (Lipinski definition) is 1. The van der Waals surface area contributed by atoms with E-state index >= 15 is 0 Å². The Bertz CT molecular complexity index is 558. The third-order valence-electron chi connectivity index (χ3n) is 2.63. The van der Waals surface area contributed by atoms with Gasteiger partial charge in [-0.05, 0) is 36.2 Å². The molecule has 0 saturated carbocycles. The van der Waals surface area contributed by atoms with E-state index in [0.717, 1.165) is 29.0 Å². The Morgan fingerprint density at radius 1 is 1.29 bits per heavy atom. The van der Waals surface area contributed by atoms with Crippen molar-refractivity contribution in [1.29, 1.82) is 0 Å². The summed E-state index contributed by atoms with van der Waals surface area (Å²) in [5, 5.41) is 0. The average Bonchev–Trinajstić information content (AvgIpc) is 2.39. The highest BCUT2D eigenvalue weighted by atomic mass is 16.5. The zero-order valence-electron chi connectivity index (χ0n) is 9.86. The van der Waals surface area contributed by atoms with Gasteiger partial charge in [-0.3, -0.25) is 0 Å². The van der Waals surface area contributed by atoms with Crippen LogP contribution >= 0.6 is 0 Å². The molecule has 0 aliphatic carbocycles. The molecule has 0 atom stereocenters. The predicted octanol–water partition coefficient (Wildman–Crippen LogP) is 2.01. The van der Waals surface area contributed by atoms with Gasteiger partial charge in [-0.2, -0.15) is 4.98 Å². The number of aromatic amines is 1. The van der Waals surface area contributed by atoms with Crippen LogP contribution in [0, 0.1) is 0 Å². The third-order valence-corrected chi connectivity index (χ3v) is 2.63. The van der Waals surface area contributed by atoms with Gasteiger partial charge in [-0.25, -0.2) is 4.79 Å². The summed E-state index contributed by atoms with van der Waals surface area (Å²) in [5.74, 6) is 0.789. The fourth-order valence-electron chi connectivity index (χ4n) is 1.69. The second kappa shape index (κ2) is 4.82. The van der Waals surface area contributed by atoms with Crippen LogP contribution in [-0.4, -0.2) is 17.1 Å². The van der Waals surface area contributed by atoms with Gasteiger partial charge in [0.2, 0.25) is 0 Å². The highest BCUT2D eigenvalue weighted by Gasteiger charge is 2.06. The average molecular weight is 230 g/mol. The number of benzene rings is 1. The lowest BCUT2D eigenvalue weighted by atomic mass is 10.1. The number of aryl methyl sites for hydroxylation is 1. The molecule has 88 valence electrons. The Morgan fingerprint density at radius 3 is 2.59 bits per heavy atom. The molecule has 1 aromatic carbocycles. The van der Waals surface area contributed by atoms with E-state index in [4.69, 9.17) is 4.74 Å². The quantitative estimate of drug-likeness (QED) is 0.877. The fraction of sp³-hybridized carbons (Fsp3) is 0.231. The van der Waals surface area contributed by atoms with Crippen LogP contribution in [0.1, 0.15) is 12.5 Å². The maximum atomic E-state index is 11.3. The van der Waals surface area contributed by atoms with Gasteiger partial charge in [0.15, 0.2) is 0 Å². The molecule has 4 nitrogen and oxygen atoms in total. The lowest BCUT2D eigenvalue weighted by molar-refractivity contribution is 0.415. The zero-order valence-corrected chi connectivity index (χ0v) is 9.86. The predicted molar refractivity (Wildman–Crippen MR) is 66.2 cm³/mol. The summed E-state index contributed by atoms with van der Waals surface area (Å²) in [6.45, 7) is 2.03. The number of rotatable bonds is 3. The van der Waals surface area contributed by atoms with Crippen molar-refractivity contribution >= 4 is 0 Å². The van der Waals surface area contributed by atoms with Crippen molar-refractivity contribution in [2.75, 3.05) is 7.11 Å². The normalized spacial score (nSPS) is 10.2. The van der Waals surface area contributed by atoms with Crippen LogP contribution in [0.2, 0.25) is 0 Å². The molecular weight excluding hydrogens is 216 g/mol. The number of methoxy groups -OCH3 is 1. The van der Waals surface area contributed by atoms with E-state index in [0.29, 0.717) is 0 Å². The summed E-state index contributed by atoms with van der Waals surface area (Å²) in [6.07, 6.45) is 2.54. The van der Waals surface area contributed by atoms with E-state index in [9.17, 15) is 4.79 Å². The van der Waals surface area contributed by atoms with Crippen LogP contribution in [0.15, 0.2) is 35.3 Å². The highest BCUT2D eigenvalue weighted by Crippen LogP contribution is 2.22. The first kappa shape index (κ1) is 11.4. The van der Waals surface area contributed by atoms with Gasteiger partial charge in [0.1, 0.15) is 5.75 Å². The third kappa shape index (κ3) is 2.36. The van der Waals surface area contributed by atoms with Gasteiger partial charge in [-0.15, -0.1) is 0 Å². The summed E-state index contributed by atoms with van der Waals surface area (Å²) in [5.41, 5.74) is 2.36. The number of nitrogens with one attached hydrogen (secondary N) is 1. The van der Waals surface area contributed by atoms with Crippen LogP contribution in [0.25, 0.3) is 11.3 Å². The van der Waals surface area contributed by atoms with Gasteiger partial charge in [0, 0.05) is 11.8 Å². The SMILES string of the molecule is CCc1c[nH]c(=O)nc1-c1ccc(OC)cc1. The van der Waals surface area contributed by atoms with Crippen molar-refractivity contribution in [2.24, 2.45) is 0 Å². The molecule has 17 heavy (non-hydrogen) atoms. The Morgan fingerprint density at radius 2 is 2.00 bits per heavy atom. The minimum absolute atomic E-state index is 0.326. The van der Waals surface area contributed by atoms with Gasteiger partial charge >= 0.3 is 5.69 Å². The molecule has 0 aliphatic heterocycles. The lowest BCUT2D eigenvalue weighted by Gasteiger charge is -2.06. The Labute approximate surface area is 99.3 Å². The minimum atomic E-state index is -0.326. The van der Waals surface area contributed by atoms with E-state index in [1.54, 1.807) is 13.3 Å². The number of ether oxygens (including phenoxy) is 1. The molecule has 0 bridgehead atoms. The van der Waals surface area contributed by atoms with Crippen LogP contribution in [0.4, 0.5) is 0 Å². The molecule has 1 aromatic heterocycles. The fourth-order valence-corrected chi connectivity index (χ4v) is 1.69. The molecule has 0 radical (unpaired) electrons. The molecule has 0 spiro atoms. The van der Waals surface area contributed by atoms with E-state index < -0.39 is 0 Å². The number of nitrogens with zero attached hydrogens (tertiary/aromatic N) is 1. The standard InChI is InChI=1S/C13H14N2O2/c1-3-9-8-14-13(16)15-12(9)10-4-6-11(17-2)7-5-10/h4-8H,3H2,1-2H3,(H,14,15,16). The summed E-state index contributed by atoms with van der Waals surface area (Å²) < 4.78 is 5.10. The van der Waals surface area contributed by atoms with Crippen molar-refractivity contribution in [1.82, 2.24) is 9.97 Å². The van der Waals surface area contributed by atoms with Gasteiger partial charge in [0.25, 0.3) is 0 Å². The van der Waals surface area contributed by atoms with E-state index in [1.165, 1.54) is 0 Å². The lowest BCUT2D eigenvalue weighted by Crippen LogP contribution is -2.12. The molecule has 1 heterocycles. The van der Waals surface area contributed by atoms with E-state index in [-0.39, 0.29) is 5.69 Å². The first-order valence-corrected chi connectivity index (χ1v) is 5.47. The molecule has 0 saturated heterocycles. The first-order valence-electron chi connectivity index (χ1n) is 5.47. The Balaban J connectivity index is 2.50. The summed E-state index contributed by atoms with van der Waals surface area (Å²) in [4.78, 5) is 17.9. The molecule has 4 heteroatoms. The van der Waals surface area contributed by atoms with Crippen LogP contribution < -0.4 is 10.4 Å². The monoisotopic (exact) mass is 230 g/mol.